The van der Waals surface area contributed by atoms with E-state index in [0.717, 1.165) is 38.2 Å². The average Bonchev–Trinajstić information content (AvgIpc) is 2.85. The summed E-state index contributed by atoms with van der Waals surface area (Å²) in [6, 6.07) is 5.62. The third-order valence-electron chi connectivity index (χ3n) is 6.31. The number of carboxylic acid groups (broad SMARTS) is 1. The largest absolute Gasteiger partial charge is 0.507 e. The first-order valence-corrected chi connectivity index (χ1v) is 12.8. The lowest BCUT2D eigenvalue weighted by atomic mass is 9.97. The van der Waals surface area contributed by atoms with Crippen LogP contribution in [0.2, 0.25) is 0 Å². The number of methoxy groups -OCH3 is 1. The van der Waals surface area contributed by atoms with Gasteiger partial charge in [-0.05, 0) is 30.4 Å². The lowest BCUT2D eigenvalue weighted by Gasteiger charge is -2.17. The van der Waals surface area contributed by atoms with Gasteiger partial charge in [0.25, 0.3) is 0 Å². The fraction of sp³-hybridized carbons (Fsp3) is 0.414. The minimum atomic E-state index is -1.49. The summed E-state index contributed by atoms with van der Waals surface area (Å²) in [5.41, 5.74) is -1.41. The van der Waals surface area contributed by atoms with E-state index in [-0.39, 0.29) is 41.1 Å². The third kappa shape index (κ3) is 6.65. The van der Waals surface area contributed by atoms with E-state index in [1.54, 1.807) is 12.1 Å². The molecule has 0 fully saturated rings. The topological polar surface area (TPSA) is 144 Å². The molecule has 0 bridgehead atoms. The van der Waals surface area contributed by atoms with Gasteiger partial charge in [-0.2, -0.15) is 0 Å². The predicted molar refractivity (Wildman–Crippen MR) is 142 cm³/mol. The summed E-state index contributed by atoms with van der Waals surface area (Å²) in [5, 5.41) is 31.3. The minimum absolute atomic E-state index is 0.0507. The van der Waals surface area contributed by atoms with Crippen molar-refractivity contribution in [2.24, 2.45) is 0 Å². The summed E-state index contributed by atoms with van der Waals surface area (Å²) in [6.07, 6.45) is 5.61. The first-order valence-electron chi connectivity index (χ1n) is 12.8. The highest BCUT2D eigenvalue weighted by Gasteiger charge is 2.27. The minimum Gasteiger partial charge on any atom is -0.507 e. The second kappa shape index (κ2) is 13.0. The van der Waals surface area contributed by atoms with E-state index in [0.29, 0.717) is 29.7 Å². The Morgan fingerprint density at radius 1 is 0.947 bits per heavy atom. The van der Waals surface area contributed by atoms with Crippen LogP contribution in [0.5, 0.6) is 28.7 Å². The fourth-order valence-corrected chi connectivity index (χ4v) is 4.37. The molecule has 0 amide bonds. The molecule has 0 atom stereocenters. The standard InChI is InChI=1S/C29H34O9/c1-4-6-8-10-18(30)14-21-26(28(33)34)22(31)16-23(32)27(21)38-24-15-20(36-3)13-17-12-19(11-9-7-5-2)37-29(35)25(17)24/h12-13,15-16,31-32H,4-11,14H2,1-3H3,(H,33,34). The van der Waals surface area contributed by atoms with Gasteiger partial charge >= 0.3 is 11.6 Å². The molecule has 1 heterocycles. The van der Waals surface area contributed by atoms with Gasteiger partial charge in [0.2, 0.25) is 0 Å². The number of aromatic hydroxyl groups is 2. The van der Waals surface area contributed by atoms with Crippen molar-refractivity contribution in [2.45, 2.75) is 71.6 Å². The Hall–Kier alpha value is -4.01. The number of carbonyl (C=O) groups is 2. The van der Waals surface area contributed by atoms with E-state index in [4.69, 9.17) is 13.9 Å². The van der Waals surface area contributed by atoms with Crippen LogP contribution in [0.4, 0.5) is 0 Å². The molecule has 0 radical (unpaired) electrons. The molecule has 1 aromatic heterocycles. The average molecular weight is 527 g/mol. The van der Waals surface area contributed by atoms with Crippen molar-refractivity contribution in [3.05, 3.63) is 51.6 Å². The summed E-state index contributed by atoms with van der Waals surface area (Å²) < 4.78 is 16.9. The zero-order valence-corrected chi connectivity index (χ0v) is 22.0. The van der Waals surface area contributed by atoms with Crippen molar-refractivity contribution >= 4 is 22.5 Å². The number of aryl methyl sites for hydroxylation is 1. The highest BCUT2D eigenvalue weighted by molar-refractivity contribution is 5.97. The smallest absolute Gasteiger partial charge is 0.347 e. The van der Waals surface area contributed by atoms with E-state index in [2.05, 4.69) is 6.92 Å². The van der Waals surface area contributed by atoms with Crippen molar-refractivity contribution in [1.29, 1.82) is 0 Å². The van der Waals surface area contributed by atoms with Gasteiger partial charge in [0, 0.05) is 37.0 Å². The molecule has 0 unspecified atom stereocenters. The maximum absolute atomic E-state index is 13.0. The molecule has 2 aromatic carbocycles. The van der Waals surface area contributed by atoms with Gasteiger partial charge < -0.3 is 29.2 Å². The second-order valence-electron chi connectivity index (χ2n) is 9.22. The monoisotopic (exact) mass is 526 g/mol. The maximum Gasteiger partial charge on any atom is 0.347 e. The third-order valence-corrected chi connectivity index (χ3v) is 6.31. The molecule has 9 heteroatoms. The number of carboxylic acids is 1. The van der Waals surface area contributed by atoms with Crippen molar-refractivity contribution in [3.63, 3.8) is 0 Å². The lowest BCUT2D eigenvalue weighted by molar-refractivity contribution is -0.118. The molecule has 0 aliphatic carbocycles. The van der Waals surface area contributed by atoms with Crippen LogP contribution in [0, 0.1) is 0 Å². The Kier molecular flexibility index (Phi) is 9.76. The number of ether oxygens (including phenoxy) is 2. The number of carbonyl (C=O) groups excluding carboxylic acids is 1. The van der Waals surface area contributed by atoms with Crippen LogP contribution in [-0.4, -0.2) is 34.2 Å². The zero-order valence-electron chi connectivity index (χ0n) is 22.0. The molecular weight excluding hydrogens is 492 g/mol. The second-order valence-corrected chi connectivity index (χ2v) is 9.22. The first-order chi connectivity index (χ1) is 18.2. The molecule has 3 aromatic rings. The van der Waals surface area contributed by atoms with E-state index in [9.17, 15) is 29.7 Å². The molecule has 0 aliphatic heterocycles. The molecule has 0 saturated carbocycles. The summed E-state index contributed by atoms with van der Waals surface area (Å²) in [5.74, 6) is -2.58. The lowest BCUT2D eigenvalue weighted by Crippen LogP contribution is -2.11. The molecule has 9 nitrogen and oxygen atoms in total. The first kappa shape index (κ1) is 28.6. The van der Waals surface area contributed by atoms with Crippen molar-refractivity contribution in [1.82, 2.24) is 0 Å². The van der Waals surface area contributed by atoms with Crippen LogP contribution in [0.1, 0.15) is 80.5 Å². The summed E-state index contributed by atoms with van der Waals surface area (Å²) >= 11 is 0. The Balaban J connectivity index is 2.14. The molecule has 0 aliphatic rings. The number of hydrogen-bond donors (Lipinski definition) is 3. The molecule has 3 N–H and O–H groups in total. The van der Waals surface area contributed by atoms with Gasteiger partial charge in [-0.25, -0.2) is 9.59 Å². The number of phenolic OH excluding ortho intramolecular Hbond substituents is 1. The molecule has 204 valence electrons. The molecule has 0 spiro atoms. The van der Waals surface area contributed by atoms with Gasteiger partial charge in [-0.1, -0.05) is 39.5 Å². The number of unbranched alkanes of at least 4 members (excludes halogenated alkanes) is 4. The van der Waals surface area contributed by atoms with Crippen molar-refractivity contribution < 1.29 is 38.8 Å². The van der Waals surface area contributed by atoms with Crippen molar-refractivity contribution in [3.8, 4) is 28.7 Å². The summed E-state index contributed by atoms with van der Waals surface area (Å²) in [4.78, 5) is 37.8. The number of rotatable bonds is 14. The molecule has 0 saturated heterocycles. The SMILES string of the molecule is CCCCCC(=O)Cc1c(Oc2cc(OC)cc3cc(CCCCC)oc(=O)c23)c(O)cc(O)c1C(=O)O. The van der Waals surface area contributed by atoms with Gasteiger partial charge in [0.1, 0.15) is 39.7 Å². The Bertz CT molecular complexity index is 1370. The zero-order chi connectivity index (χ0) is 27.8. The van der Waals surface area contributed by atoms with Crippen LogP contribution < -0.4 is 15.1 Å². The van der Waals surface area contributed by atoms with Crippen LogP contribution >= 0.6 is 0 Å². The van der Waals surface area contributed by atoms with Gasteiger partial charge in [0.05, 0.1) is 7.11 Å². The van der Waals surface area contributed by atoms with Crippen LogP contribution in [-0.2, 0) is 17.6 Å². The van der Waals surface area contributed by atoms with Crippen LogP contribution in [0.3, 0.4) is 0 Å². The van der Waals surface area contributed by atoms with Crippen molar-refractivity contribution in [2.75, 3.05) is 7.11 Å². The number of hydrogen-bond acceptors (Lipinski definition) is 8. The maximum atomic E-state index is 13.0. The fourth-order valence-electron chi connectivity index (χ4n) is 4.37. The summed E-state index contributed by atoms with van der Waals surface area (Å²) in [6.45, 7) is 4.07. The normalized spacial score (nSPS) is 11.0. The van der Waals surface area contributed by atoms with E-state index < -0.39 is 28.7 Å². The quantitative estimate of drug-likeness (QED) is 0.211. The van der Waals surface area contributed by atoms with E-state index >= 15 is 0 Å². The molecule has 3 rings (SSSR count). The molecule has 38 heavy (non-hydrogen) atoms. The number of phenols is 2. The predicted octanol–water partition coefficient (Wildman–Crippen LogP) is 6.13. The van der Waals surface area contributed by atoms with Crippen LogP contribution in [0.15, 0.2) is 33.5 Å². The number of fused-ring (bicyclic) bond motifs is 1. The van der Waals surface area contributed by atoms with E-state index in [1.165, 1.54) is 13.2 Å². The van der Waals surface area contributed by atoms with Gasteiger partial charge in [-0.15, -0.1) is 0 Å². The Morgan fingerprint density at radius 2 is 1.66 bits per heavy atom. The number of benzene rings is 2. The van der Waals surface area contributed by atoms with E-state index in [1.807, 2.05) is 6.92 Å². The number of ketones is 1. The molecular formula is C29H34O9. The number of aromatic carboxylic acids is 1. The number of Topliss-reactive ketones (excluding diaryl/α,β-unsaturated/α-hetero) is 1. The van der Waals surface area contributed by atoms with Gasteiger partial charge in [-0.3, -0.25) is 4.79 Å². The highest BCUT2D eigenvalue weighted by Crippen LogP contribution is 2.43. The summed E-state index contributed by atoms with van der Waals surface area (Å²) in [7, 11) is 1.44. The highest BCUT2D eigenvalue weighted by atomic mass is 16.5. The Morgan fingerprint density at radius 3 is 2.32 bits per heavy atom. The van der Waals surface area contributed by atoms with Gasteiger partial charge in [0.15, 0.2) is 11.5 Å². The Labute approximate surface area is 220 Å². The van der Waals surface area contributed by atoms with Crippen LogP contribution in [0.25, 0.3) is 10.8 Å².